The molecular formula is C10H21NO2. The van der Waals surface area contributed by atoms with Crippen LogP contribution in [0.5, 0.6) is 0 Å². The topological polar surface area (TPSA) is 29.5 Å². The summed E-state index contributed by atoms with van der Waals surface area (Å²) in [5.41, 5.74) is 0. The molecule has 0 bridgehead atoms. The number of esters is 1. The van der Waals surface area contributed by atoms with E-state index in [-0.39, 0.29) is 12.0 Å². The Labute approximate surface area is 81.1 Å². The normalized spacial score (nSPS) is 13.5. The Bertz CT molecular complexity index is 157. The average molecular weight is 187 g/mol. The lowest BCUT2D eigenvalue weighted by Gasteiger charge is -2.24. The van der Waals surface area contributed by atoms with Crippen molar-refractivity contribution in [3.63, 3.8) is 0 Å². The second-order valence-corrected chi connectivity index (χ2v) is 3.76. The summed E-state index contributed by atoms with van der Waals surface area (Å²) >= 11 is 0. The first-order valence-corrected chi connectivity index (χ1v) is 4.85. The predicted molar refractivity (Wildman–Crippen MR) is 53.6 cm³/mol. The van der Waals surface area contributed by atoms with Crippen molar-refractivity contribution in [2.45, 2.75) is 33.7 Å². The third kappa shape index (κ3) is 4.88. The fraction of sp³-hybridized carbons (Fsp3) is 0.900. The van der Waals surface area contributed by atoms with Gasteiger partial charge in [0.15, 0.2) is 0 Å². The average Bonchev–Trinajstić information content (AvgIpc) is 2.02. The van der Waals surface area contributed by atoms with Gasteiger partial charge in [-0.15, -0.1) is 0 Å². The summed E-state index contributed by atoms with van der Waals surface area (Å²) in [4.78, 5) is 13.3. The van der Waals surface area contributed by atoms with Gasteiger partial charge in [-0.05, 0) is 26.8 Å². The quantitative estimate of drug-likeness (QED) is 0.611. The van der Waals surface area contributed by atoms with E-state index in [1.165, 1.54) is 0 Å². The molecule has 0 spiro atoms. The number of carbonyl (C=O) groups excluding carboxylic acids is 1. The molecule has 1 atom stereocenters. The third-order valence-electron chi connectivity index (χ3n) is 1.94. The Morgan fingerprint density at radius 2 is 1.92 bits per heavy atom. The highest BCUT2D eigenvalue weighted by atomic mass is 16.5. The number of rotatable bonds is 5. The van der Waals surface area contributed by atoms with Crippen molar-refractivity contribution in [2.75, 3.05) is 20.2 Å². The molecule has 3 nitrogen and oxygen atoms in total. The molecule has 78 valence electrons. The minimum absolute atomic E-state index is 0.134. The molecule has 0 aliphatic carbocycles. The summed E-state index contributed by atoms with van der Waals surface area (Å²) < 4.78 is 4.93. The highest BCUT2D eigenvalue weighted by Crippen LogP contribution is 2.02. The van der Waals surface area contributed by atoms with Gasteiger partial charge in [0, 0.05) is 6.54 Å². The number of hydrogen-bond acceptors (Lipinski definition) is 3. The number of likely N-dealkylation sites (N-methyl/N-ethyl adjacent to an activating group) is 1. The molecule has 0 amide bonds. The lowest BCUT2D eigenvalue weighted by molar-refractivity contribution is -0.148. The molecule has 3 heteroatoms. The fourth-order valence-corrected chi connectivity index (χ4v) is 1.18. The monoisotopic (exact) mass is 187 g/mol. The SMILES string of the molecule is CCOC(=O)C(C)N(C)CC(C)C. The van der Waals surface area contributed by atoms with Crippen LogP contribution in [0.3, 0.4) is 0 Å². The minimum atomic E-state index is -0.137. The molecule has 0 N–H and O–H groups in total. The molecule has 1 unspecified atom stereocenters. The lowest BCUT2D eigenvalue weighted by Crippen LogP contribution is -2.39. The number of nitrogens with zero attached hydrogens (tertiary/aromatic N) is 1. The van der Waals surface area contributed by atoms with Crippen LogP contribution in [0.25, 0.3) is 0 Å². The van der Waals surface area contributed by atoms with Crippen molar-refractivity contribution >= 4 is 5.97 Å². The number of hydrogen-bond donors (Lipinski definition) is 0. The lowest BCUT2D eigenvalue weighted by atomic mass is 10.2. The van der Waals surface area contributed by atoms with Crippen molar-refractivity contribution in [2.24, 2.45) is 5.92 Å². The summed E-state index contributed by atoms with van der Waals surface area (Å²) in [5, 5.41) is 0. The largest absolute Gasteiger partial charge is 0.465 e. The molecule has 0 fully saturated rings. The van der Waals surface area contributed by atoms with Crippen molar-refractivity contribution in [3.05, 3.63) is 0 Å². The first-order chi connectivity index (χ1) is 5.99. The first-order valence-electron chi connectivity index (χ1n) is 4.85. The van der Waals surface area contributed by atoms with E-state index in [1.54, 1.807) is 0 Å². The molecule has 0 aromatic carbocycles. The summed E-state index contributed by atoms with van der Waals surface area (Å²) in [7, 11) is 1.95. The highest BCUT2D eigenvalue weighted by Gasteiger charge is 2.19. The first kappa shape index (κ1) is 12.4. The van der Waals surface area contributed by atoms with E-state index in [0.717, 1.165) is 6.54 Å². The van der Waals surface area contributed by atoms with Crippen LogP contribution >= 0.6 is 0 Å². The van der Waals surface area contributed by atoms with Gasteiger partial charge < -0.3 is 4.74 Å². The van der Waals surface area contributed by atoms with E-state index < -0.39 is 0 Å². The Hall–Kier alpha value is -0.570. The third-order valence-corrected chi connectivity index (χ3v) is 1.94. The van der Waals surface area contributed by atoms with E-state index in [2.05, 4.69) is 13.8 Å². The zero-order valence-corrected chi connectivity index (χ0v) is 9.33. The van der Waals surface area contributed by atoms with Crippen molar-refractivity contribution < 1.29 is 9.53 Å². The van der Waals surface area contributed by atoms with Crippen LogP contribution in [-0.2, 0) is 9.53 Å². The van der Waals surface area contributed by atoms with Crippen LogP contribution in [0.4, 0.5) is 0 Å². The van der Waals surface area contributed by atoms with Crippen LogP contribution in [0.1, 0.15) is 27.7 Å². The van der Waals surface area contributed by atoms with Crippen LogP contribution in [-0.4, -0.2) is 37.1 Å². The fourth-order valence-electron chi connectivity index (χ4n) is 1.18. The van der Waals surface area contributed by atoms with Crippen molar-refractivity contribution in [1.29, 1.82) is 0 Å². The maximum absolute atomic E-state index is 11.3. The molecule has 0 saturated heterocycles. The Morgan fingerprint density at radius 3 is 2.31 bits per heavy atom. The predicted octanol–water partition coefficient (Wildman–Crippen LogP) is 1.53. The molecule has 0 radical (unpaired) electrons. The van der Waals surface area contributed by atoms with Gasteiger partial charge in [-0.3, -0.25) is 9.69 Å². The molecule has 0 rings (SSSR count). The Balaban J connectivity index is 3.93. The minimum Gasteiger partial charge on any atom is -0.465 e. The second-order valence-electron chi connectivity index (χ2n) is 3.76. The van der Waals surface area contributed by atoms with Crippen LogP contribution in [0.2, 0.25) is 0 Å². The van der Waals surface area contributed by atoms with E-state index in [1.807, 2.05) is 25.8 Å². The van der Waals surface area contributed by atoms with Gasteiger partial charge in [-0.2, -0.15) is 0 Å². The van der Waals surface area contributed by atoms with Gasteiger partial charge in [0.25, 0.3) is 0 Å². The Morgan fingerprint density at radius 1 is 1.38 bits per heavy atom. The zero-order valence-electron chi connectivity index (χ0n) is 9.33. The van der Waals surface area contributed by atoms with E-state index in [4.69, 9.17) is 4.74 Å². The van der Waals surface area contributed by atoms with Crippen LogP contribution in [0, 0.1) is 5.92 Å². The van der Waals surface area contributed by atoms with Gasteiger partial charge >= 0.3 is 5.97 Å². The van der Waals surface area contributed by atoms with Gasteiger partial charge in [0.05, 0.1) is 6.61 Å². The Kier molecular flexibility index (Phi) is 5.71. The maximum Gasteiger partial charge on any atom is 0.323 e. The standard InChI is InChI=1S/C10H21NO2/c1-6-13-10(12)9(4)11(5)7-8(2)3/h8-9H,6-7H2,1-5H3. The number of carbonyl (C=O) groups is 1. The van der Waals surface area contributed by atoms with E-state index in [0.29, 0.717) is 12.5 Å². The molecule has 0 aliphatic rings. The highest BCUT2D eigenvalue weighted by molar-refractivity contribution is 5.75. The summed E-state index contributed by atoms with van der Waals surface area (Å²) in [5.74, 6) is 0.438. The molecule has 0 aliphatic heterocycles. The van der Waals surface area contributed by atoms with E-state index >= 15 is 0 Å². The summed E-state index contributed by atoms with van der Waals surface area (Å²) in [6.45, 7) is 9.34. The molecule has 0 saturated carbocycles. The van der Waals surface area contributed by atoms with Crippen molar-refractivity contribution in [1.82, 2.24) is 4.90 Å². The molecule has 0 aromatic rings. The molecule has 0 heterocycles. The van der Waals surface area contributed by atoms with Crippen molar-refractivity contribution in [3.8, 4) is 0 Å². The van der Waals surface area contributed by atoms with Gasteiger partial charge in [0.1, 0.15) is 6.04 Å². The van der Waals surface area contributed by atoms with Gasteiger partial charge in [-0.1, -0.05) is 13.8 Å². The van der Waals surface area contributed by atoms with Gasteiger partial charge in [-0.25, -0.2) is 0 Å². The summed E-state index contributed by atoms with van der Waals surface area (Å²) in [6.07, 6.45) is 0. The molecular weight excluding hydrogens is 166 g/mol. The molecule has 0 aromatic heterocycles. The van der Waals surface area contributed by atoms with E-state index in [9.17, 15) is 4.79 Å². The smallest absolute Gasteiger partial charge is 0.323 e. The van der Waals surface area contributed by atoms with Crippen LogP contribution in [0.15, 0.2) is 0 Å². The van der Waals surface area contributed by atoms with Crippen LogP contribution < -0.4 is 0 Å². The zero-order chi connectivity index (χ0) is 10.4. The maximum atomic E-state index is 11.3. The van der Waals surface area contributed by atoms with Gasteiger partial charge in [0.2, 0.25) is 0 Å². The number of ether oxygens (including phenoxy) is 1. The summed E-state index contributed by atoms with van der Waals surface area (Å²) in [6, 6.07) is -0.137. The molecule has 13 heavy (non-hydrogen) atoms. The second kappa shape index (κ2) is 5.97.